The monoisotopic (exact) mass is 467 g/mol. The van der Waals surface area contributed by atoms with Crippen LogP contribution in [0.5, 0.6) is 0 Å². The number of anilines is 1. The summed E-state index contributed by atoms with van der Waals surface area (Å²) in [6.45, 7) is 2.16. The molecule has 0 saturated heterocycles. The predicted molar refractivity (Wildman–Crippen MR) is 109 cm³/mol. The van der Waals surface area contributed by atoms with Crippen molar-refractivity contribution in [2.24, 2.45) is 5.92 Å². The molecule has 3 heterocycles. The third kappa shape index (κ3) is 5.29. The third-order valence-electron chi connectivity index (χ3n) is 4.34. The van der Waals surface area contributed by atoms with Crippen molar-refractivity contribution in [1.29, 1.82) is 0 Å². The van der Waals surface area contributed by atoms with Crippen LogP contribution in [-0.4, -0.2) is 56.5 Å². The van der Waals surface area contributed by atoms with E-state index < -0.39 is 24.7 Å². The first-order chi connectivity index (χ1) is 13.6. The summed E-state index contributed by atoms with van der Waals surface area (Å²) in [6.07, 6.45) is 2.40. The summed E-state index contributed by atoms with van der Waals surface area (Å²) in [5.41, 5.74) is 3.01. The van der Waals surface area contributed by atoms with Crippen LogP contribution < -0.4 is 15.0 Å². The van der Waals surface area contributed by atoms with Crippen LogP contribution >= 0.6 is 0 Å². The van der Waals surface area contributed by atoms with Crippen molar-refractivity contribution >= 4 is 43.8 Å². The minimum Gasteiger partial charge on any atom is -0.169 e. The Morgan fingerprint density at radius 3 is 2.69 bits per heavy atom. The molecule has 0 aromatic carbocycles. The molecule has 0 aliphatic rings. The Morgan fingerprint density at radius 1 is 1.24 bits per heavy atom. The maximum atomic E-state index is 12.4. The second-order valence-electron chi connectivity index (χ2n) is 7.03. The molecule has 6 nitrogen and oxygen atoms in total. The van der Waals surface area contributed by atoms with Gasteiger partial charge in [0.15, 0.2) is 0 Å². The predicted octanol–water partition coefficient (Wildman–Crippen LogP) is 2.00. The summed E-state index contributed by atoms with van der Waals surface area (Å²) in [6, 6.07) is 3.02. The number of carbonyl (C=O) groups is 1. The normalized spacial score (nSPS) is 12.9. The van der Waals surface area contributed by atoms with Crippen LogP contribution in [0.3, 0.4) is 0 Å². The number of carbonyl (C=O) groups excluding carboxylic acids is 1. The SMILES string of the molecule is CC(C)[C@H](Nc1cncc(-c2c[nH]c3ncc([AsH2])cc23)c1)C(=O)NCC(F)(F)F. The number of rotatable bonds is 6. The van der Waals surface area contributed by atoms with E-state index in [9.17, 15) is 18.0 Å². The van der Waals surface area contributed by atoms with Crippen molar-refractivity contribution < 1.29 is 18.0 Å². The molecular formula is C19H21AsF3N5O. The summed E-state index contributed by atoms with van der Waals surface area (Å²) in [7, 11) is 0. The standard InChI is InChI=1S/C19H21AsF3N5O/c1-10(2)16(18(29)27-9-19(21,22)23)28-13-3-11(5-24-7-13)15-8-26-17-14(15)4-12(20)6-25-17/h3-8,10,16,28H,9,20H2,1-2H3,(H,25,26)(H,27,29)/t16-/m0/s1. The van der Waals surface area contributed by atoms with E-state index in [1.165, 1.54) is 23.0 Å². The first kappa shape index (κ1) is 21.2. The summed E-state index contributed by atoms with van der Waals surface area (Å²) in [5.74, 6) is -0.939. The summed E-state index contributed by atoms with van der Waals surface area (Å²) < 4.78 is 38.3. The van der Waals surface area contributed by atoms with Crippen molar-refractivity contribution in [2.45, 2.75) is 26.1 Å². The zero-order valence-electron chi connectivity index (χ0n) is 15.8. The Balaban J connectivity index is 1.84. The number of H-pyrrole nitrogens is 1. The third-order valence-corrected chi connectivity index (χ3v) is 5.00. The Bertz CT molecular complexity index is 1020. The van der Waals surface area contributed by atoms with Gasteiger partial charge in [0.25, 0.3) is 0 Å². The van der Waals surface area contributed by atoms with Gasteiger partial charge < -0.3 is 0 Å². The second-order valence-corrected chi connectivity index (χ2v) is 8.43. The van der Waals surface area contributed by atoms with Gasteiger partial charge in [0.2, 0.25) is 0 Å². The van der Waals surface area contributed by atoms with Crippen LogP contribution in [0.15, 0.2) is 36.9 Å². The Kier molecular flexibility index (Phi) is 6.17. The molecule has 0 radical (unpaired) electrons. The van der Waals surface area contributed by atoms with Gasteiger partial charge in [-0.25, -0.2) is 0 Å². The van der Waals surface area contributed by atoms with Crippen LogP contribution in [0, 0.1) is 5.92 Å². The molecule has 3 rings (SSSR count). The maximum absolute atomic E-state index is 12.4. The topological polar surface area (TPSA) is 82.7 Å². The number of halogens is 3. The van der Waals surface area contributed by atoms with E-state index in [4.69, 9.17) is 0 Å². The fourth-order valence-electron chi connectivity index (χ4n) is 2.94. The quantitative estimate of drug-likeness (QED) is 0.485. The van der Waals surface area contributed by atoms with Crippen molar-refractivity contribution in [3.63, 3.8) is 0 Å². The van der Waals surface area contributed by atoms with Crippen molar-refractivity contribution in [1.82, 2.24) is 20.3 Å². The molecule has 0 bridgehead atoms. The number of fused-ring (bicyclic) bond motifs is 1. The first-order valence-corrected chi connectivity index (χ1v) is 10.1. The number of nitrogens with zero attached hydrogens (tertiary/aromatic N) is 2. The van der Waals surface area contributed by atoms with Gasteiger partial charge in [0.05, 0.1) is 0 Å². The molecule has 29 heavy (non-hydrogen) atoms. The fourth-order valence-corrected chi connectivity index (χ4v) is 3.44. The van der Waals surface area contributed by atoms with Crippen LogP contribution in [0.1, 0.15) is 13.8 Å². The molecule has 3 N–H and O–H groups in total. The van der Waals surface area contributed by atoms with E-state index >= 15 is 0 Å². The molecule has 3 aromatic rings. The van der Waals surface area contributed by atoms with E-state index in [1.54, 1.807) is 26.2 Å². The van der Waals surface area contributed by atoms with Gasteiger partial charge in [0.1, 0.15) is 0 Å². The first-order valence-electron chi connectivity index (χ1n) is 8.93. The number of aromatic nitrogens is 3. The molecule has 0 saturated carbocycles. The molecular weight excluding hydrogens is 446 g/mol. The zero-order chi connectivity index (χ0) is 21.2. The van der Waals surface area contributed by atoms with Crippen LogP contribution in [0.2, 0.25) is 0 Å². The minimum atomic E-state index is -4.46. The van der Waals surface area contributed by atoms with Gasteiger partial charge in [-0.3, -0.25) is 0 Å². The van der Waals surface area contributed by atoms with Gasteiger partial charge in [-0.1, -0.05) is 0 Å². The minimum absolute atomic E-state index is 0.228. The molecule has 1 unspecified atom stereocenters. The molecule has 0 fully saturated rings. The van der Waals surface area contributed by atoms with E-state index in [-0.39, 0.29) is 5.92 Å². The molecule has 2 atom stereocenters. The van der Waals surface area contributed by atoms with Crippen LogP contribution in [-0.2, 0) is 4.79 Å². The van der Waals surface area contributed by atoms with Gasteiger partial charge in [-0.15, -0.1) is 0 Å². The van der Waals surface area contributed by atoms with Crippen molar-refractivity contribution in [3.05, 3.63) is 36.9 Å². The molecule has 0 aliphatic heterocycles. The van der Waals surface area contributed by atoms with Crippen LogP contribution in [0.25, 0.3) is 22.2 Å². The van der Waals surface area contributed by atoms with Gasteiger partial charge in [-0.05, 0) is 0 Å². The van der Waals surface area contributed by atoms with E-state index in [0.29, 0.717) is 5.69 Å². The Morgan fingerprint density at radius 2 is 2.00 bits per heavy atom. The summed E-state index contributed by atoms with van der Waals surface area (Å²) in [5, 5.41) is 5.90. The molecule has 1 amide bonds. The van der Waals surface area contributed by atoms with E-state index in [1.807, 2.05) is 23.6 Å². The number of alkyl halides is 3. The summed E-state index contributed by atoms with van der Waals surface area (Å²) >= 11 is 1.47. The number of hydrogen-bond acceptors (Lipinski definition) is 4. The smallest absolute Gasteiger partial charge is 0.169 e. The molecule has 0 aliphatic carbocycles. The van der Waals surface area contributed by atoms with Crippen molar-refractivity contribution in [2.75, 3.05) is 11.9 Å². The molecule has 0 spiro atoms. The Labute approximate surface area is 174 Å². The van der Waals surface area contributed by atoms with E-state index in [2.05, 4.69) is 20.3 Å². The van der Waals surface area contributed by atoms with Gasteiger partial charge >= 0.3 is 161 Å². The number of hydrogen-bond donors (Lipinski definition) is 3. The molecule has 3 aromatic heterocycles. The number of amides is 1. The van der Waals surface area contributed by atoms with Gasteiger partial charge in [-0.2, -0.15) is 13.2 Å². The number of nitrogens with one attached hydrogen (secondary N) is 3. The fraction of sp³-hybridized carbons (Fsp3) is 0.316. The average molecular weight is 467 g/mol. The number of aromatic amines is 1. The van der Waals surface area contributed by atoms with E-state index in [0.717, 1.165) is 26.5 Å². The van der Waals surface area contributed by atoms with Crippen molar-refractivity contribution in [3.8, 4) is 11.1 Å². The Hall–Kier alpha value is -2.54. The average Bonchev–Trinajstić information content (AvgIpc) is 3.06. The second kappa shape index (κ2) is 8.45. The van der Waals surface area contributed by atoms with Crippen LogP contribution in [0.4, 0.5) is 18.9 Å². The molecule has 154 valence electrons. The number of pyridine rings is 2. The summed E-state index contributed by atoms with van der Waals surface area (Å²) in [4.78, 5) is 24.0. The van der Waals surface area contributed by atoms with Gasteiger partial charge in [0, 0.05) is 0 Å². The molecule has 10 heteroatoms. The zero-order valence-corrected chi connectivity index (χ0v) is 18.3.